The first-order valence-corrected chi connectivity index (χ1v) is 9.31. The van der Waals surface area contributed by atoms with E-state index in [1.165, 1.54) is 22.0 Å². The third-order valence-electron chi connectivity index (χ3n) is 5.10. The van der Waals surface area contributed by atoms with Gasteiger partial charge in [-0.3, -0.25) is 0 Å². The Morgan fingerprint density at radius 2 is 1.88 bits per heavy atom. The predicted molar refractivity (Wildman–Crippen MR) is 104 cm³/mol. The van der Waals surface area contributed by atoms with Crippen molar-refractivity contribution in [2.45, 2.75) is 52.9 Å². The van der Waals surface area contributed by atoms with E-state index in [4.69, 9.17) is 9.15 Å². The SMILES string of the molecule is CC[N+](CC)=c1ccc2c(C(C)(C)C)c3c(oc-2c1)C(=COC)CC3. The molecule has 25 heavy (non-hydrogen) atoms. The summed E-state index contributed by atoms with van der Waals surface area (Å²) in [5, 5.41) is 1.22. The second-order valence-corrected chi connectivity index (χ2v) is 7.77. The zero-order valence-corrected chi connectivity index (χ0v) is 16.4. The van der Waals surface area contributed by atoms with Crippen LogP contribution in [0.3, 0.4) is 0 Å². The fourth-order valence-corrected chi connectivity index (χ4v) is 4.02. The maximum Gasteiger partial charge on any atom is 0.203 e. The maximum absolute atomic E-state index is 6.41. The van der Waals surface area contributed by atoms with Crippen LogP contribution in [0.4, 0.5) is 0 Å². The van der Waals surface area contributed by atoms with Crippen molar-refractivity contribution in [2.75, 3.05) is 20.2 Å². The van der Waals surface area contributed by atoms with E-state index in [0.29, 0.717) is 0 Å². The topological polar surface area (TPSA) is 25.4 Å². The van der Waals surface area contributed by atoms with E-state index in [1.54, 1.807) is 7.11 Å². The first-order valence-electron chi connectivity index (χ1n) is 9.31. The molecule has 0 unspecified atom stereocenters. The van der Waals surface area contributed by atoms with Gasteiger partial charge in [0.05, 0.1) is 19.4 Å². The summed E-state index contributed by atoms with van der Waals surface area (Å²) in [6.07, 6.45) is 3.84. The number of rotatable bonds is 3. The van der Waals surface area contributed by atoms with Crippen molar-refractivity contribution in [2.24, 2.45) is 0 Å². The minimum absolute atomic E-state index is 0.0678. The Morgan fingerprint density at radius 3 is 2.48 bits per heavy atom. The summed E-state index contributed by atoms with van der Waals surface area (Å²) in [7, 11) is 1.70. The first kappa shape index (κ1) is 17.8. The fraction of sp³-hybridized carbons (Fsp3) is 0.500. The van der Waals surface area contributed by atoms with Crippen LogP contribution < -0.4 is 9.93 Å². The number of allylic oxidation sites excluding steroid dienone is 1. The number of hydrogen-bond donors (Lipinski definition) is 0. The van der Waals surface area contributed by atoms with E-state index in [0.717, 1.165) is 43.0 Å². The van der Waals surface area contributed by atoms with Gasteiger partial charge in [-0.2, -0.15) is 0 Å². The lowest BCUT2D eigenvalue weighted by Gasteiger charge is -2.26. The number of methoxy groups -OCH3 is 1. The van der Waals surface area contributed by atoms with Crippen LogP contribution in [0.5, 0.6) is 0 Å². The third-order valence-corrected chi connectivity index (χ3v) is 5.10. The Morgan fingerprint density at radius 1 is 1.16 bits per heavy atom. The molecule has 3 rings (SSSR count). The Bertz CT molecular complexity index is 843. The average Bonchev–Trinajstić information content (AvgIpc) is 2.95. The van der Waals surface area contributed by atoms with Gasteiger partial charge in [-0.15, -0.1) is 0 Å². The van der Waals surface area contributed by atoms with Crippen LogP contribution in [0.1, 0.15) is 57.9 Å². The first-order chi connectivity index (χ1) is 11.9. The zero-order chi connectivity index (χ0) is 18.2. The van der Waals surface area contributed by atoms with Gasteiger partial charge in [0.1, 0.15) is 24.6 Å². The highest BCUT2D eigenvalue weighted by Gasteiger charge is 2.32. The van der Waals surface area contributed by atoms with E-state index in [9.17, 15) is 0 Å². The van der Waals surface area contributed by atoms with Crippen molar-refractivity contribution in [3.63, 3.8) is 0 Å². The van der Waals surface area contributed by atoms with Gasteiger partial charge in [0, 0.05) is 17.2 Å². The molecule has 134 valence electrons. The number of nitrogens with zero attached hydrogens (tertiary/aromatic N) is 1. The molecule has 1 heterocycles. The minimum Gasteiger partial charge on any atom is -0.504 e. The highest BCUT2D eigenvalue weighted by Crippen LogP contribution is 2.45. The van der Waals surface area contributed by atoms with Crippen LogP contribution in [-0.2, 0) is 16.6 Å². The summed E-state index contributed by atoms with van der Waals surface area (Å²) in [4.78, 5) is 0. The van der Waals surface area contributed by atoms with Crippen LogP contribution in [0.2, 0.25) is 0 Å². The van der Waals surface area contributed by atoms with E-state index in [-0.39, 0.29) is 5.41 Å². The largest absolute Gasteiger partial charge is 0.504 e. The molecule has 0 fully saturated rings. The van der Waals surface area contributed by atoms with E-state index in [2.05, 4.69) is 57.4 Å². The zero-order valence-electron chi connectivity index (χ0n) is 16.4. The standard InChI is InChI=1S/C22H30NO2/c1-7-23(8-2)16-10-12-17-19(13-16)25-21-15(14-24-6)9-11-18(21)20(17)22(3,4)5/h10,12-14H,7-9,11H2,1-6H3/q+1. The quantitative estimate of drug-likeness (QED) is 0.610. The smallest absolute Gasteiger partial charge is 0.203 e. The molecule has 0 saturated heterocycles. The Balaban J connectivity index is 2.38. The molecule has 2 aliphatic carbocycles. The fourth-order valence-electron chi connectivity index (χ4n) is 4.02. The number of hydrogen-bond acceptors (Lipinski definition) is 2. The van der Waals surface area contributed by atoms with E-state index >= 15 is 0 Å². The molecule has 0 aromatic carbocycles. The molecule has 0 aromatic rings. The lowest BCUT2D eigenvalue weighted by molar-refractivity contribution is 0.338. The summed E-state index contributed by atoms with van der Waals surface area (Å²) < 4.78 is 14.0. The normalized spacial score (nSPS) is 15.7. The molecular weight excluding hydrogens is 310 g/mol. The second kappa shape index (κ2) is 6.70. The van der Waals surface area contributed by atoms with Crippen molar-refractivity contribution in [3.05, 3.63) is 46.7 Å². The molecule has 1 aliphatic heterocycles. The summed E-state index contributed by atoms with van der Waals surface area (Å²) >= 11 is 0. The van der Waals surface area contributed by atoms with Gasteiger partial charge >= 0.3 is 0 Å². The van der Waals surface area contributed by atoms with Crippen LogP contribution in [0.25, 0.3) is 16.9 Å². The molecule has 0 N–H and O–H groups in total. The Hall–Kier alpha value is -2.03. The second-order valence-electron chi connectivity index (χ2n) is 7.77. The van der Waals surface area contributed by atoms with Gasteiger partial charge in [0.2, 0.25) is 5.36 Å². The van der Waals surface area contributed by atoms with Crippen LogP contribution >= 0.6 is 0 Å². The Labute approximate surface area is 151 Å². The highest BCUT2D eigenvalue weighted by molar-refractivity contribution is 5.76. The Kier molecular flexibility index (Phi) is 4.77. The molecule has 0 amide bonds. The van der Waals surface area contributed by atoms with Crippen LogP contribution in [0.15, 0.2) is 28.9 Å². The third kappa shape index (κ3) is 3.12. The minimum atomic E-state index is 0.0678. The van der Waals surface area contributed by atoms with Crippen LogP contribution in [0, 0.1) is 0 Å². The van der Waals surface area contributed by atoms with Crippen molar-refractivity contribution >= 4 is 5.57 Å². The molecule has 0 aromatic heterocycles. The summed E-state index contributed by atoms with van der Waals surface area (Å²) in [5.41, 5.74) is 5.23. The highest BCUT2D eigenvalue weighted by atomic mass is 16.5. The van der Waals surface area contributed by atoms with Gasteiger partial charge < -0.3 is 9.15 Å². The van der Waals surface area contributed by atoms with Crippen molar-refractivity contribution in [1.29, 1.82) is 0 Å². The molecule has 0 radical (unpaired) electrons. The van der Waals surface area contributed by atoms with E-state index in [1.807, 2.05) is 6.26 Å². The lowest BCUT2D eigenvalue weighted by Crippen LogP contribution is -2.29. The van der Waals surface area contributed by atoms with Gasteiger partial charge in [-0.05, 0) is 49.3 Å². The van der Waals surface area contributed by atoms with Gasteiger partial charge in [0.15, 0.2) is 0 Å². The van der Waals surface area contributed by atoms with Crippen LogP contribution in [-0.4, -0.2) is 20.2 Å². The molecule has 3 nitrogen and oxygen atoms in total. The van der Waals surface area contributed by atoms with Gasteiger partial charge in [0.25, 0.3) is 0 Å². The molecule has 3 heteroatoms. The summed E-state index contributed by atoms with van der Waals surface area (Å²) in [6.45, 7) is 13.2. The number of benzene rings is 1. The number of ether oxygens (including phenoxy) is 1. The molecular formula is C22H30NO2+. The van der Waals surface area contributed by atoms with Crippen molar-refractivity contribution in [1.82, 2.24) is 4.58 Å². The molecule has 0 spiro atoms. The number of fused-ring (bicyclic) bond motifs is 2. The van der Waals surface area contributed by atoms with Gasteiger partial charge in [-0.25, -0.2) is 4.58 Å². The molecule has 0 bridgehead atoms. The lowest BCUT2D eigenvalue weighted by atomic mass is 9.79. The van der Waals surface area contributed by atoms with Gasteiger partial charge in [-0.1, -0.05) is 20.8 Å². The van der Waals surface area contributed by atoms with Crippen molar-refractivity contribution < 1.29 is 9.15 Å². The van der Waals surface area contributed by atoms with E-state index < -0.39 is 0 Å². The summed E-state index contributed by atoms with van der Waals surface area (Å²) in [6, 6.07) is 6.67. The predicted octanol–water partition coefficient (Wildman–Crippen LogP) is 4.43. The molecule has 3 aliphatic rings. The maximum atomic E-state index is 6.41. The molecule has 0 atom stereocenters. The summed E-state index contributed by atoms with van der Waals surface area (Å²) in [5.74, 6) is 1.98. The average molecular weight is 340 g/mol. The molecule has 0 saturated carbocycles. The van der Waals surface area contributed by atoms with Crippen molar-refractivity contribution in [3.8, 4) is 11.3 Å². The monoisotopic (exact) mass is 340 g/mol.